The molecule has 1 N–H and O–H groups in total. The van der Waals surface area contributed by atoms with Crippen molar-refractivity contribution in [1.29, 1.82) is 0 Å². The molecule has 7 nitrogen and oxygen atoms in total. The molecule has 0 spiro atoms. The quantitative estimate of drug-likeness (QED) is 0.567. The number of thiazole rings is 1. The Hall–Kier alpha value is -2.20. The number of aromatic nitrogens is 2. The predicted molar refractivity (Wildman–Crippen MR) is 118 cm³/mol. The lowest BCUT2D eigenvalue weighted by atomic mass is 9.98. The van der Waals surface area contributed by atoms with Gasteiger partial charge < -0.3 is 5.32 Å². The maximum atomic E-state index is 12.7. The Morgan fingerprint density at radius 2 is 2.00 bits per heavy atom. The van der Waals surface area contributed by atoms with Gasteiger partial charge in [-0.25, -0.2) is 13.4 Å². The molecule has 1 saturated heterocycles. The Labute approximate surface area is 184 Å². The third-order valence-corrected chi connectivity index (χ3v) is 8.11. The second kappa shape index (κ2) is 8.89. The van der Waals surface area contributed by atoms with Gasteiger partial charge in [0.1, 0.15) is 0 Å². The van der Waals surface area contributed by atoms with Crippen LogP contribution in [0.4, 0.5) is 0 Å². The third kappa shape index (κ3) is 4.44. The highest BCUT2D eigenvalue weighted by molar-refractivity contribution is 7.89. The molecule has 2 aromatic heterocycles. The molecular formula is C20H21ClN4O3S2. The van der Waals surface area contributed by atoms with Crippen molar-refractivity contribution in [2.45, 2.75) is 17.7 Å². The lowest BCUT2D eigenvalue weighted by molar-refractivity contribution is -0.116. The fourth-order valence-electron chi connectivity index (χ4n) is 3.48. The molecule has 0 atom stereocenters. The van der Waals surface area contributed by atoms with Gasteiger partial charge in [0.05, 0.1) is 10.6 Å². The van der Waals surface area contributed by atoms with E-state index in [-0.39, 0.29) is 11.8 Å². The molecular weight excluding hydrogens is 444 g/mol. The number of hydrogen-bond acceptors (Lipinski definition) is 5. The molecule has 1 aliphatic rings. The summed E-state index contributed by atoms with van der Waals surface area (Å²) in [6.45, 7) is 1.42. The number of hydrogen-bond donors (Lipinski definition) is 1. The first kappa shape index (κ1) is 21.0. The number of imidazole rings is 1. The highest BCUT2D eigenvalue weighted by Crippen LogP contribution is 2.24. The first-order valence-electron chi connectivity index (χ1n) is 9.57. The van der Waals surface area contributed by atoms with Crippen LogP contribution in [-0.4, -0.2) is 47.6 Å². The van der Waals surface area contributed by atoms with Crippen molar-refractivity contribution in [1.82, 2.24) is 19.0 Å². The fraction of sp³-hybridized carbons (Fsp3) is 0.300. The minimum atomic E-state index is -3.45. The van der Waals surface area contributed by atoms with Gasteiger partial charge >= 0.3 is 0 Å². The van der Waals surface area contributed by atoms with Gasteiger partial charge in [-0.05, 0) is 37.0 Å². The molecule has 158 valence electrons. The van der Waals surface area contributed by atoms with E-state index in [9.17, 15) is 13.2 Å². The average molecular weight is 465 g/mol. The zero-order chi connectivity index (χ0) is 21.1. The van der Waals surface area contributed by atoms with Crippen LogP contribution in [0.5, 0.6) is 0 Å². The van der Waals surface area contributed by atoms with E-state index in [1.165, 1.54) is 21.7 Å². The summed E-state index contributed by atoms with van der Waals surface area (Å²) in [6, 6.07) is 8.48. The monoisotopic (exact) mass is 464 g/mol. The zero-order valence-corrected chi connectivity index (χ0v) is 18.5. The highest BCUT2D eigenvalue weighted by Gasteiger charge is 2.29. The first-order valence-corrected chi connectivity index (χ1v) is 12.3. The second-order valence-corrected chi connectivity index (χ2v) is 10.3. The van der Waals surface area contributed by atoms with E-state index in [2.05, 4.69) is 10.3 Å². The van der Waals surface area contributed by atoms with Gasteiger partial charge in [-0.3, -0.25) is 9.20 Å². The van der Waals surface area contributed by atoms with Gasteiger partial charge in [-0.1, -0.05) is 29.8 Å². The second-order valence-electron chi connectivity index (χ2n) is 7.08. The van der Waals surface area contributed by atoms with Gasteiger partial charge in [0.2, 0.25) is 15.9 Å². The molecule has 10 heteroatoms. The van der Waals surface area contributed by atoms with E-state index in [4.69, 9.17) is 11.6 Å². The molecule has 0 radical (unpaired) electrons. The standard InChI is InChI=1S/C20H21ClN4O3S2/c21-19-17(25-12-13-29-20(25)23-19)6-7-18(26)22-14-15-8-10-24(11-9-15)30(27,28)16-4-2-1-3-5-16/h1-7,12-13,15H,8-11,14H2,(H,22,26)/b7-6+. The van der Waals surface area contributed by atoms with Crippen LogP contribution in [0.25, 0.3) is 11.0 Å². The average Bonchev–Trinajstić information content (AvgIpc) is 3.32. The number of amides is 1. The summed E-state index contributed by atoms with van der Waals surface area (Å²) in [6.07, 6.45) is 6.37. The number of rotatable bonds is 6. The Morgan fingerprint density at radius 1 is 1.27 bits per heavy atom. The Bertz CT molecular complexity index is 1160. The smallest absolute Gasteiger partial charge is 0.244 e. The largest absolute Gasteiger partial charge is 0.352 e. The maximum absolute atomic E-state index is 12.7. The van der Waals surface area contributed by atoms with Crippen molar-refractivity contribution in [3.8, 4) is 0 Å². The molecule has 0 unspecified atom stereocenters. The summed E-state index contributed by atoms with van der Waals surface area (Å²) in [5.74, 6) is 0.0299. The Kier molecular flexibility index (Phi) is 6.24. The number of nitrogens with zero attached hydrogens (tertiary/aromatic N) is 3. The molecule has 3 heterocycles. The number of fused-ring (bicyclic) bond motifs is 1. The van der Waals surface area contributed by atoms with E-state index in [1.54, 1.807) is 36.4 Å². The van der Waals surface area contributed by atoms with E-state index in [1.807, 2.05) is 16.0 Å². The van der Waals surface area contributed by atoms with Gasteiger partial charge in [0, 0.05) is 37.3 Å². The van der Waals surface area contributed by atoms with Crippen LogP contribution >= 0.6 is 22.9 Å². The predicted octanol–water partition coefficient (Wildman–Crippen LogP) is 3.28. The van der Waals surface area contributed by atoms with E-state index < -0.39 is 10.0 Å². The summed E-state index contributed by atoms with van der Waals surface area (Å²) in [7, 11) is -3.45. The van der Waals surface area contributed by atoms with E-state index in [0.717, 1.165) is 4.96 Å². The number of carbonyl (C=O) groups excluding carboxylic acids is 1. The van der Waals surface area contributed by atoms with Crippen LogP contribution in [0.2, 0.25) is 5.15 Å². The Morgan fingerprint density at radius 3 is 2.73 bits per heavy atom. The van der Waals surface area contributed by atoms with Crippen LogP contribution in [-0.2, 0) is 14.8 Å². The van der Waals surface area contributed by atoms with Crippen LogP contribution < -0.4 is 5.32 Å². The zero-order valence-electron chi connectivity index (χ0n) is 16.1. The lowest BCUT2D eigenvalue weighted by Gasteiger charge is -2.31. The molecule has 0 saturated carbocycles. The fourth-order valence-corrected chi connectivity index (χ4v) is 5.98. The summed E-state index contributed by atoms with van der Waals surface area (Å²) in [5, 5.41) is 5.16. The van der Waals surface area contributed by atoms with Crippen LogP contribution in [0.1, 0.15) is 18.5 Å². The molecule has 1 aliphatic heterocycles. The minimum absolute atomic E-state index is 0.212. The van der Waals surface area contributed by atoms with Crippen molar-refractivity contribution >= 4 is 49.9 Å². The van der Waals surface area contributed by atoms with Crippen molar-refractivity contribution in [3.63, 3.8) is 0 Å². The number of nitrogens with one attached hydrogen (secondary N) is 1. The van der Waals surface area contributed by atoms with Crippen LogP contribution in [0.15, 0.2) is 52.9 Å². The van der Waals surface area contributed by atoms with Crippen LogP contribution in [0, 0.1) is 5.92 Å². The topological polar surface area (TPSA) is 83.8 Å². The van der Waals surface area contributed by atoms with Gasteiger partial charge in [0.25, 0.3) is 0 Å². The highest BCUT2D eigenvalue weighted by atomic mass is 35.5. The lowest BCUT2D eigenvalue weighted by Crippen LogP contribution is -2.41. The number of benzene rings is 1. The molecule has 1 aromatic carbocycles. The van der Waals surface area contributed by atoms with Crippen molar-refractivity contribution in [2.24, 2.45) is 5.92 Å². The van der Waals surface area contributed by atoms with Gasteiger partial charge in [-0.15, -0.1) is 11.3 Å². The van der Waals surface area contributed by atoms with E-state index >= 15 is 0 Å². The first-order chi connectivity index (χ1) is 14.4. The van der Waals surface area contributed by atoms with Crippen molar-refractivity contribution in [2.75, 3.05) is 19.6 Å². The van der Waals surface area contributed by atoms with Gasteiger partial charge in [-0.2, -0.15) is 4.31 Å². The molecule has 0 bridgehead atoms. The number of piperidine rings is 1. The molecule has 1 fully saturated rings. The number of sulfonamides is 1. The molecule has 0 aliphatic carbocycles. The molecule has 4 rings (SSSR count). The Balaban J connectivity index is 1.28. The number of halogens is 1. The summed E-state index contributed by atoms with van der Waals surface area (Å²) in [5.41, 5.74) is 0.669. The molecule has 3 aromatic rings. The normalized spacial score (nSPS) is 16.4. The maximum Gasteiger partial charge on any atom is 0.244 e. The molecule has 30 heavy (non-hydrogen) atoms. The minimum Gasteiger partial charge on any atom is -0.352 e. The third-order valence-electron chi connectivity index (χ3n) is 5.17. The SMILES string of the molecule is O=C(/C=C/c1c(Cl)nc2sccn12)NCC1CCN(S(=O)(=O)c2ccccc2)CC1. The van der Waals surface area contributed by atoms with E-state index in [0.29, 0.717) is 48.2 Å². The number of carbonyl (C=O) groups is 1. The van der Waals surface area contributed by atoms with Crippen molar-refractivity contribution in [3.05, 3.63) is 58.8 Å². The molecule has 1 amide bonds. The summed E-state index contributed by atoms with van der Waals surface area (Å²) in [4.78, 5) is 17.5. The summed E-state index contributed by atoms with van der Waals surface area (Å²) < 4.78 is 28.7. The van der Waals surface area contributed by atoms with Crippen molar-refractivity contribution < 1.29 is 13.2 Å². The van der Waals surface area contributed by atoms with Gasteiger partial charge in [0.15, 0.2) is 10.1 Å². The van der Waals surface area contributed by atoms with Crippen LogP contribution in [0.3, 0.4) is 0 Å². The summed E-state index contributed by atoms with van der Waals surface area (Å²) >= 11 is 7.60.